The van der Waals surface area contributed by atoms with E-state index in [0.717, 1.165) is 12.8 Å². The van der Waals surface area contributed by atoms with Crippen molar-refractivity contribution in [1.29, 1.82) is 0 Å². The summed E-state index contributed by atoms with van der Waals surface area (Å²) >= 11 is 0. The van der Waals surface area contributed by atoms with E-state index in [1.807, 2.05) is 19.2 Å². The molecular formula is C13H23N3. The van der Waals surface area contributed by atoms with E-state index in [1.165, 1.54) is 5.56 Å². The van der Waals surface area contributed by atoms with Gasteiger partial charge in [-0.1, -0.05) is 13.8 Å². The molecule has 0 aliphatic rings. The van der Waals surface area contributed by atoms with E-state index in [9.17, 15) is 0 Å². The van der Waals surface area contributed by atoms with Crippen molar-refractivity contribution in [3.63, 3.8) is 0 Å². The third-order valence-corrected chi connectivity index (χ3v) is 2.88. The van der Waals surface area contributed by atoms with Gasteiger partial charge in [-0.05, 0) is 49.9 Å². The molecule has 1 heterocycles. The monoisotopic (exact) mass is 221 g/mol. The zero-order valence-electron chi connectivity index (χ0n) is 10.7. The number of nitrogens with two attached hydrogens (primary N) is 1. The molecule has 90 valence electrons. The van der Waals surface area contributed by atoms with Gasteiger partial charge < -0.3 is 11.1 Å². The molecule has 1 rings (SSSR count). The standard InChI is InChI=1S/C13H23N3/c1-10(15-4)8-13(2,3)9-11-5-6-16-12(14)7-11/h5-7,10,15H,8-9H2,1-4H3,(H2,14,16). The summed E-state index contributed by atoms with van der Waals surface area (Å²) in [5.74, 6) is 0.606. The van der Waals surface area contributed by atoms with Crippen molar-refractivity contribution in [3.8, 4) is 0 Å². The lowest BCUT2D eigenvalue weighted by Gasteiger charge is -2.28. The number of aromatic nitrogens is 1. The van der Waals surface area contributed by atoms with Gasteiger partial charge in [0.1, 0.15) is 5.82 Å². The molecule has 0 saturated heterocycles. The van der Waals surface area contributed by atoms with Gasteiger partial charge >= 0.3 is 0 Å². The van der Waals surface area contributed by atoms with Crippen LogP contribution in [0.15, 0.2) is 18.3 Å². The SMILES string of the molecule is CNC(C)CC(C)(C)Cc1ccnc(N)c1. The average Bonchev–Trinajstić information content (AvgIpc) is 2.15. The Kier molecular flexibility index (Phi) is 4.30. The predicted octanol–water partition coefficient (Wildman–Crippen LogP) is 2.23. The van der Waals surface area contributed by atoms with Crippen LogP contribution in [0.5, 0.6) is 0 Å². The van der Waals surface area contributed by atoms with Crippen molar-refractivity contribution in [3.05, 3.63) is 23.9 Å². The van der Waals surface area contributed by atoms with Gasteiger partial charge in [0.15, 0.2) is 0 Å². The van der Waals surface area contributed by atoms with E-state index in [0.29, 0.717) is 11.9 Å². The first-order valence-corrected chi connectivity index (χ1v) is 5.80. The minimum absolute atomic E-state index is 0.274. The largest absolute Gasteiger partial charge is 0.384 e. The smallest absolute Gasteiger partial charge is 0.123 e. The molecule has 0 amide bonds. The first kappa shape index (κ1) is 13.0. The Labute approximate surface area is 98.5 Å². The molecule has 0 radical (unpaired) electrons. The van der Waals surface area contributed by atoms with Crippen molar-refractivity contribution in [1.82, 2.24) is 10.3 Å². The number of anilines is 1. The first-order chi connectivity index (χ1) is 7.43. The van der Waals surface area contributed by atoms with Gasteiger partial charge in [0, 0.05) is 12.2 Å². The molecule has 1 aromatic heterocycles. The minimum Gasteiger partial charge on any atom is -0.384 e. The molecular weight excluding hydrogens is 198 g/mol. The fourth-order valence-electron chi connectivity index (χ4n) is 2.16. The van der Waals surface area contributed by atoms with Gasteiger partial charge in [-0.25, -0.2) is 4.98 Å². The number of rotatable bonds is 5. The fraction of sp³-hybridized carbons (Fsp3) is 0.615. The van der Waals surface area contributed by atoms with Crippen molar-refractivity contribution in [2.24, 2.45) is 5.41 Å². The molecule has 3 nitrogen and oxygen atoms in total. The first-order valence-electron chi connectivity index (χ1n) is 5.80. The molecule has 0 fully saturated rings. The van der Waals surface area contributed by atoms with Gasteiger partial charge in [0.05, 0.1) is 0 Å². The van der Waals surface area contributed by atoms with E-state index >= 15 is 0 Å². The normalized spacial score (nSPS) is 13.8. The van der Waals surface area contributed by atoms with Crippen LogP contribution in [0.3, 0.4) is 0 Å². The third-order valence-electron chi connectivity index (χ3n) is 2.88. The molecule has 16 heavy (non-hydrogen) atoms. The Bertz CT molecular complexity index is 334. The van der Waals surface area contributed by atoms with Crippen molar-refractivity contribution in [2.75, 3.05) is 12.8 Å². The Hall–Kier alpha value is -1.09. The maximum Gasteiger partial charge on any atom is 0.123 e. The summed E-state index contributed by atoms with van der Waals surface area (Å²) in [6.07, 6.45) is 3.96. The molecule has 0 bridgehead atoms. The third kappa shape index (κ3) is 4.19. The number of hydrogen-bond donors (Lipinski definition) is 2. The maximum absolute atomic E-state index is 5.68. The second-order valence-electron chi connectivity index (χ2n) is 5.32. The Morgan fingerprint density at radius 3 is 2.75 bits per heavy atom. The van der Waals surface area contributed by atoms with Crippen molar-refractivity contribution in [2.45, 2.75) is 39.7 Å². The Morgan fingerprint density at radius 2 is 2.19 bits per heavy atom. The fourth-order valence-corrected chi connectivity index (χ4v) is 2.16. The highest BCUT2D eigenvalue weighted by molar-refractivity contribution is 5.32. The lowest BCUT2D eigenvalue weighted by molar-refractivity contribution is 0.293. The highest BCUT2D eigenvalue weighted by Gasteiger charge is 2.21. The summed E-state index contributed by atoms with van der Waals surface area (Å²) in [6, 6.07) is 4.54. The van der Waals surface area contributed by atoms with Gasteiger partial charge in [0.2, 0.25) is 0 Å². The van der Waals surface area contributed by atoms with Crippen LogP contribution in [0.1, 0.15) is 32.8 Å². The highest BCUT2D eigenvalue weighted by atomic mass is 14.9. The molecule has 1 unspecified atom stereocenters. The summed E-state index contributed by atoms with van der Waals surface area (Å²) in [7, 11) is 2.01. The molecule has 0 aromatic carbocycles. The highest BCUT2D eigenvalue weighted by Crippen LogP contribution is 2.27. The number of nitrogens with one attached hydrogen (secondary N) is 1. The van der Waals surface area contributed by atoms with Crippen LogP contribution in [0, 0.1) is 5.41 Å². The molecule has 1 atom stereocenters. The summed E-state index contributed by atoms with van der Waals surface area (Å²) < 4.78 is 0. The lowest BCUT2D eigenvalue weighted by atomic mass is 9.80. The second-order valence-corrected chi connectivity index (χ2v) is 5.32. The van der Waals surface area contributed by atoms with Gasteiger partial charge in [-0.2, -0.15) is 0 Å². The Balaban J connectivity index is 2.65. The molecule has 1 aromatic rings. The van der Waals surface area contributed by atoms with E-state index in [4.69, 9.17) is 5.73 Å². The second kappa shape index (κ2) is 5.30. The predicted molar refractivity (Wildman–Crippen MR) is 69.3 cm³/mol. The summed E-state index contributed by atoms with van der Waals surface area (Å²) in [6.45, 7) is 6.79. The zero-order chi connectivity index (χ0) is 12.2. The maximum atomic E-state index is 5.68. The number of pyridine rings is 1. The van der Waals surface area contributed by atoms with Crippen molar-refractivity contribution < 1.29 is 0 Å². The zero-order valence-corrected chi connectivity index (χ0v) is 10.7. The summed E-state index contributed by atoms with van der Waals surface area (Å²) in [4.78, 5) is 4.01. The summed E-state index contributed by atoms with van der Waals surface area (Å²) in [5.41, 5.74) is 7.22. The van der Waals surface area contributed by atoms with Crippen LogP contribution >= 0.6 is 0 Å². The van der Waals surface area contributed by atoms with Crippen LogP contribution in [0.4, 0.5) is 5.82 Å². The van der Waals surface area contributed by atoms with Crippen LogP contribution in [0.25, 0.3) is 0 Å². The van der Waals surface area contributed by atoms with Crippen LogP contribution in [0.2, 0.25) is 0 Å². The van der Waals surface area contributed by atoms with Gasteiger partial charge in [-0.15, -0.1) is 0 Å². The summed E-state index contributed by atoms with van der Waals surface area (Å²) in [5, 5.41) is 3.28. The molecule has 0 aliphatic heterocycles. The molecule has 0 spiro atoms. The van der Waals surface area contributed by atoms with Crippen LogP contribution < -0.4 is 11.1 Å². The number of nitrogens with zero attached hydrogens (tertiary/aromatic N) is 1. The lowest BCUT2D eigenvalue weighted by Crippen LogP contribution is -2.29. The van der Waals surface area contributed by atoms with E-state index < -0.39 is 0 Å². The molecule has 3 heteroatoms. The molecule has 3 N–H and O–H groups in total. The number of nitrogen functional groups attached to an aromatic ring is 1. The average molecular weight is 221 g/mol. The quantitative estimate of drug-likeness (QED) is 0.801. The Morgan fingerprint density at radius 1 is 1.50 bits per heavy atom. The van der Waals surface area contributed by atoms with Crippen molar-refractivity contribution >= 4 is 5.82 Å². The molecule has 0 saturated carbocycles. The minimum atomic E-state index is 0.274. The number of hydrogen-bond acceptors (Lipinski definition) is 3. The van der Waals surface area contributed by atoms with Crippen LogP contribution in [-0.4, -0.2) is 18.1 Å². The van der Waals surface area contributed by atoms with E-state index in [2.05, 4.69) is 31.1 Å². The topological polar surface area (TPSA) is 50.9 Å². The van der Waals surface area contributed by atoms with Gasteiger partial charge in [0.25, 0.3) is 0 Å². The van der Waals surface area contributed by atoms with Gasteiger partial charge in [-0.3, -0.25) is 0 Å². The van der Waals surface area contributed by atoms with E-state index in [-0.39, 0.29) is 5.41 Å². The van der Waals surface area contributed by atoms with E-state index in [1.54, 1.807) is 6.20 Å². The van der Waals surface area contributed by atoms with Crippen LogP contribution in [-0.2, 0) is 6.42 Å². The molecule has 0 aliphatic carbocycles.